The first-order valence-corrected chi connectivity index (χ1v) is 4.89. The monoisotopic (exact) mass is 186 g/mol. The summed E-state index contributed by atoms with van der Waals surface area (Å²) in [6.45, 7) is 3.64. The zero-order valence-electron chi connectivity index (χ0n) is 7.03. The molecule has 0 bridgehead atoms. The fourth-order valence-electron chi connectivity index (χ4n) is 1.40. The van der Waals surface area contributed by atoms with Crippen LogP contribution < -0.4 is 0 Å². The van der Waals surface area contributed by atoms with E-state index in [1.807, 2.05) is 6.08 Å². The lowest BCUT2D eigenvalue weighted by Gasteiger charge is -2.27. The van der Waals surface area contributed by atoms with Crippen molar-refractivity contribution in [1.82, 2.24) is 0 Å². The average Bonchev–Trinajstić information content (AvgIpc) is 2.01. The molecule has 1 aliphatic carbocycles. The molecule has 68 valence electrons. The Kier molecular flexibility index (Phi) is 3.45. The molecule has 1 unspecified atom stereocenters. The lowest BCUT2D eigenvalue weighted by Crippen LogP contribution is -2.27. The first kappa shape index (κ1) is 9.91. The van der Waals surface area contributed by atoms with Crippen LogP contribution in [0.3, 0.4) is 0 Å². The Morgan fingerprint density at radius 3 is 2.33 bits per heavy atom. The van der Waals surface area contributed by atoms with Crippen LogP contribution >= 0.6 is 9.24 Å². The first-order valence-electron chi connectivity index (χ1n) is 4.08. The van der Waals surface area contributed by atoms with Crippen molar-refractivity contribution in [2.24, 2.45) is 0 Å². The Labute approximate surface area is 75.2 Å². The molecule has 2 N–H and O–H groups in total. The third-order valence-corrected chi connectivity index (χ3v) is 2.41. The maximum Gasteiger partial charge on any atom is 0.0809 e. The summed E-state index contributed by atoms with van der Waals surface area (Å²) in [4.78, 5) is 0. The van der Waals surface area contributed by atoms with Crippen LogP contribution in [0, 0.1) is 0 Å². The zero-order valence-corrected chi connectivity index (χ0v) is 8.19. The zero-order chi connectivity index (χ0) is 9.14. The lowest BCUT2D eigenvalue weighted by atomic mass is 9.87. The van der Waals surface area contributed by atoms with Gasteiger partial charge in [0.2, 0.25) is 0 Å². The van der Waals surface area contributed by atoms with Gasteiger partial charge in [-0.3, -0.25) is 0 Å². The molecule has 0 aliphatic heterocycles. The molecule has 0 radical (unpaired) electrons. The van der Waals surface area contributed by atoms with Crippen LogP contribution in [-0.4, -0.2) is 28.6 Å². The Morgan fingerprint density at radius 2 is 1.92 bits per heavy atom. The SMILES string of the molecule is C=C1[C@H](O)CC(=CCP)C[C@H]1O. The molecule has 1 rings (SSSR count). The van der Waals surface area contributed by atoms with E-state index < -0.39 is 12.2 Å². The second kappa shape index (κ2) is 4.18. The Hall–Kier alpha value is -0.170. The van der Waals surface area contributed by atoms with Crippen LogP contribution in [-0.2, 0) is 0 Å². The third kappa shape index (κ3) is 2.16. The Bertz CT molecular complexity index is 195. The number of hydrogen-bond acceptors (Lipinski definition) is 2. The fourth-order valence-corrected chi connectivity index (χ4v) is 1.73. The summed E-state index contributed by atoms with van der Waals surface area (Å²) in [7, 11) is 2.60. The van der Waals surface area contributed by atoms with Crippen molar-refractivity contribution < 1.29 is 10.2 Å². The van der Waals surface area contributed by atoms with E-state index in [2.05, 4.69) is 15.8 Å². The maximum atomic E-state index is 9.44. The molecular formula is C9H15O2P. The minimum atomic E-state index is -0.559. The van der Waals surface area contributed by atoms with Gasteiger partial charge in [0.25, 0.3) is 0 Å². The number of aliphatic hydroxyl groups is 2. The van der Waals surface area contributed by atoms with Crippen LogP contribution in [0.15, 0.2) is 23.8 Å². The molecule has 1 aliphatic rings. The van der Waals surface area contributed by atoms with Crippen molar-refractivity contribution in [2.45, 2.75) is 25.0 Å². The minimum Gasteiger partial charge on any atom is -0.388 e. The molecule has 0 aromatic rings. The van der Waals surface area contributed by atoms with E-state index in [0.717, 1.165) is 11.7 Å². The molecule has 0 aromatic heterocycles. The van der Waals surface area contributed by atoms with Gasteiger partial charge in [-0.15, -0.1) is 9.24 Å². The lowest BCUT2D eigenvalue weighted by molar-refractivity contribution is 0.123. The topological polar surface area (TPSA) is 40.5 Å². The van der Waals surface area contributed by atoms with Crippen molar-refractivity contribution in [2.75, 3.05) is 6.16 Å². The van der Waals surface area contributed by atoms with Gasteiger partial charge in [0.15, 0.2) is 0 Å². The smallest absolute Gasteiger partial charge is 0.0809 e. The highest BCUT2D eigenvalue weighted by Gasteiger charge is 2.24. The van der Waals surface area contributed by atoms with Gasteiger partial charge in [-0.1, -0.05) is 18.2 Å². The van der Waals surface area contributed by atoms with Crippen molar-refractivity contribution in [3.63, 3.8) is 0 Å². The molecule has 0 amide bonds. The van der Waals surface area contributed by atoms with Crippen LogP contribution in [0.2, 0.25) is 0 Å². The minimum absolute atomic E-state index is 0.552. The highest BCUT2D eigenvalue weighted by Crippen LogP contribution is 2.27. The second-order valence-electron chi connectivity index (χ2n) is 3.11. The molecule has 0 aromatic carbocycles. The van der Waals surface area contributed by atoms with Gasteiger partial charge >= 0.3 is 0 Å². The van der Waals surface area contributed by atoms with E-state index >= 15 is 0 Å². The molecule has 12 heavy (non-hydrogen) atoms. The van der Waals surface area contributed by atoms with Gasteiger partial charge in [-0.25, -0.2) is 0 Å². The summed E-state index contributed by atoms with van der Waals surface area (Å²) >= 11 is 0. The Morgan fingerprint density at radius 1 is 1.42 bits per heavy atom. The molecular weight excluding hydrogens is 171 g/mol. The van der Waals surface area contributed by atoms with Gasteiger partial charge in [0, 0.05) is 0 Å². The van der Waals surface area contributed by atoms with Gasteiger partial charge in [-0.05, 0) is 24.6 Å². The van der Waals surface area contributed by atoms with Crippen molar-refractivity contribution in [3.8, 4) is 0 Å². The van der Waals surface area contributed by atoms with Crippen LogP contribution in [0.4, 0.5) is 0 Å². The quantitative estimate of drug-likeness (QED) is 0.471. The second-order valence-corrected chi connectivity index (χ2v) is 3.58. The molecule has 0 heterocycles. The fraction of sp³-hybridized carbons (Fsp3) is 0.556. The predicted octanol–water partition coefficient (Wildman–Crippen LogP) is 0.860. The van der Waals surface area contributed by atoms with Crippen molar-refractivity contribution >= 4 is 9.24 Å². The van der Waals surface area contributed by atoms with E-state index in [4.69, 9.17) is 0 Å². The molecule has 0 saturated heterocycles. The van der Waals surface area contributed by atoms with E-state index in [9.17, 15) is 10.2 Å². The molecule has 0 spiro atoms. The standard InChI is InChI=1S/C9H15O2P/c1-6-8(10)4-7(2-3-12)5-9(6)11/h2,8-11H,1,3-5,12H2/t8-,9-/m1/s1. The summed E-state index contributed by atoms with van der Waals surface area (Å²) in [5.74, 6) is 0. The summed E-state index contributed by atoms with van der Waals surface area (Å²) in [5, 5.41) is 18.9. The maximum absolute atomic E-state index is 9.44. The molecule has 2 nitrogen and oxygen atoms in total. The molecule has 3 heteroatoms. The Balaban J connectivity index is 2.65. The predicted molar refractivity (Wildman–Crippen MR) is 53.0 cm³/mol. The summed E-state index contributed by atoms with van der Waals surface area (Å²) in [5.41, 5.74) is 1.67. The van der Waals surface area contributed by atoms with Gasteiger partial charge in [-0.2, -0.15) is 0 Å². The van der Waals surface area contributed by atoms with Crippen LogP contribution in [0.5, 0.6) is 0 Å². The number of rotatable bonds is 1. The van der Waals surface area contributed by atoms with E-state index in [1.165, 1.54) is 0 Å². The first-order chi connectivity index (χ1) is 5.65. The van der Waals surface area contributed by atoms with Crippen LogP contribution in [0.25, 0.3) is 0 Å². The number of aliphatic hydroxyl groups excluding tert-OH is 2. The van der Waals surface area contributed by atoms with Crippen LogP contribution in [0.1, 0.15) is 12.8 Å². The summed E-state index contributed by atoms with van der Waals surface area (Å²) in [6.07, 6.45) is 3.05. The number of allylic oxidation sites excluding steroid dienone is 1. The van der Waals surface area contributed by atoms with Crippen molar-refractivity contribution in [3.05, 3.63) is 23.8 Å². The highest BCUT2D eigenvalue weighted by molar-refractivity contribution is 7.16. The van der Waals surface area contributed by atoms with Gasteiger partial charge < -0.3 is 10.2 Å². The third-order valence-electron chi connectivity index (χ3n) is 2.17. The normalized spacial score (nSPS) is 30.6. The summed E-state index contributed by atoms with van der Waals surface area (Å²) < 4.78 is 0. The van der Waals surface area contributed by atoms with Crippen molar-refractivity contribution in [1.29, 1.82) is 0 Å². The molecule has 1 saturated carbocycles. The summed E-state index contributed by atoms with van der Waals surface area (Å²) in [6, 6.07) is 0. The highest BCUT2D eigenvalue weighted by atomic mass is 31.0. The van der Waals surface area contributed by atoms with Gasteiger partial charge in [0.05, 0.1) is 12.2 Å². The van der Waals surface area contributed by atoms with E-state index in [0.29, 0.717) is 18.4 Å². The molecule has 3 atom stereocenters. The van der Waals surface area contributed by atoms with Gasteiger partial charge in [0.1, 0.15) is 0 Å². The largest absolute Gasteiger partial charge is 0.388 e. The van der Waals surface area contributed by atoms with E-state index in [1.54, 1.807) is 0 Å². The average molecular weight is 186 g/mol. The molecule has 1 fully saturated rings. The van der Waals surface area contributed by atoms with E-state index in [-0.39, 0.29) is 0 Å². The number of hydrogen-bond donors (Lipinski definition) is 2.